The zero-order valence-electron chi connectivity index (χ0n) is 11.4. The lowest BCUT2D eigenvalue weighted by Crippen LogP contribution is -2.37. The van der Waals surface area contributed by atoms with E-state index in [-0.39, 0.29) is 12.2 Å². The summed E-state index contributed by atoms with van der Waals surface area (Å²) in [7, 11) is 3.02. The van der Waals surface area contributed by atoms with Gasteiger partial charge in [-0.3, -0.25) is 13.9 Å². The minimum atomic E-state index is -0.415. The van der Waals surface area contributed by atoms with E-state index in [0.717, 1.165) is 17.4 Å². The van der Waals surface area contributed by atoms with Gasteiger partial charge < -0.3 is 9.67 Å². The van der Waals surface area contributed by atoms with Crippen LogP contribution in [-0.4, -0.2) is 23.8 Å². The van der Waals surface area contributed by atoms with Gasteiger partial charge in [0.1, 0.15) is 12.4 Å². The molecule has 0 aliphatic rings. The molecule has 0 spiro atoms. The number of aryl methyl sites for hydroxylation is 2. The first-order valence-electron chi connectivity index (χ1n) is 6.28. The van der Waals surface area contributed by atoms with Gasteiger partial charge in [-0.2, -0.15) is 0 Å². The van der Waals surface area contributed by atoms with Gasteiger partial charge in [0.05, 0.1) is 0 Å². The Balaban J connectivity index is 2.87. The van der Waals surface area contributed by atoms with Crippen molar-refractivity contribution in [3.63, 3.8) is 0 Å². The largest absolute Gasteiger partial charge is 0.388 e. The molecule has 0 aromatic carbocycles. The molecule has 1 N–H and O–H groups in total. The lowest BCUT2D eigenvalue weighted by Gasteiger charge is -2.07. The van der Waals surface area contributed by atoms with Gasteiger partial charge in [0.25, 0.3) is 5.56 Å². The number of aromatic nitrogens is 4. The molecule has 0 fully saturated rings. The van der Waals surface area contributed by atoms with Gasteiger partial charge in [-0.1, -0.05) is 13.3 Å². The standard InChI is InChI=1S/C12H18N4O3/c1-4-5-6-16-8(7-17)13-10-9(16)11(18)15(3)12(19)14(10)2/h17H,4-7H2,1-3H3. The van der Waals surface area contributed by atoms with Crippen LogP contribution in [0, 0.1) is 0 Å². The molecule has 0 unspecified atom stereocenters. The second kappa shape index (κ2) is 5.00. The number of aliphatic hydroxyl groups excluding tert-OH is 1. The van der Waals surface area contributed by atoms with E-state index >= 15 is 0 Å². The van der Waals surface area contributed by atoms with E-state index in [9.17, 15) is 14.7 Å². The van der Waals surface area contributed by atoms with Crippen LogP contribution in [0.4, 0.5) is 0 Å². The van der Waals surface area contributed by atoms with Crippen molar-refractivity contribution in [3.05, 3.63) is 26.7 Å². The molecule has 0 bridgehead atoms. The summed E-state index contributed by atoms with van der Waals surface area (Å²) in [6, 6.07) is 0. The van der Waals surface area contributed by atoms with E-state index in [2.05, 4.69) is 4.98 Å². The first-order valence-corrected chi connectivity index (χ1v) is 6.28. The molecule has 104 valence electrons. The molecule has 0 atom stereocenters. The molecule has 2 rings (SSSR count). The van der Waals surface area contributed by atoms with Gasteiger partial charge in [-0.15, -0.1) is 0 Å². The molecule has 19 heavy (non-hydrogen) atoms. The van der Waals surface area contributed by atoms with E-state index < -0.39 is 5.69 Å². The molecule has 0 saturated heterocycles. The van der Waals surface area contributed by atoms with Crippen molar-refractivity contribution in [2.24, 2.45) is 14.1 Å². The Morgan fingerprint density at radius 1 is 1.21 bits per heavy atom. The van der Waals surface area contributed by atoms with Crippen LogP contribution >= 0.6 is 0 Å². The number of unbranched alkanes of at least 4 members (excludes halogenated alkanes) is 1. The van der Waals surface area contributed by atoms with E-state index in [1.807, 2.05) is 6.92 Å². The lowest BCUT2D eigenvalue weighted by molar-refractivity contribution is 0.265. The second-order valence-electron chi connectivity index (χ2n) is 4.57. The molecule has 2 aromatic heterocycles. The van der Waals surface area contributed by atoms with Crippen LogP contribution in [0.1, 0.15) is 25.6 Å². The Bertz CT molecular complexity index is 723. The van der Waals surface area contributed by atoms with Gasteiger partial charge in [0.15, 0.2) is 11.2 Å². The zero-order valence-corrected chi connectivity index (χ0v) is 11.4. The predicted molar refractivity (Wildman–Crippen MR) is 71.0 cm³/mol. The number of fused-ring (bicyclic) bond motifs is 1. The average Bonchev–Trinajstić information content (AvgIpc) is 2.79. The van der Waals surface area contributed by atoms with Gasteiger partial charge >= 0.3 is 5.69 Å². The van der Waals surface area contributed by atoms with Crippen LogP contribution in [0.15, 0.2) is 9.59 Å². The van der Waals surface area contributed by atoms with Crippen LogP contribution in [-0.2, 0) is 27.2 Å². The fourth-order valence-corrected chi connectivity index (χ4v) is 2.17. The van der Waals surface area contributed by atoms with Crippen LogP contribution in [0.2, 0.25) is 0 Å². The molecule has 0 aliphatic heterocycles. The maximum atomic E-state index is 12.2. The predicted octanol–water partition coefficient (Wildman–Crippen LogP) is -0.274. The van der Waals surface area contributed by atoms with Crippen molar-refractivity contribution in [2.75, 3.05) is 0 Å². The zero-order chi connectivity index (χ0) is 14.2. The number of rotatable bonds is 4. The maximum absolute atomic E-state index is 12.2. The van der Waals surface area contributed by atoms with E-state index in [4.69, 9.17) is 0 Å². The van der Waals surface area contributed by atoms with Crippen molar-refractivity contribution < 1.29 is 5.11 Å². The highest BCUT2D eigenvalue weighted by atomic mass is 16.3. The number of hydrogen-bond donors (Lipinski definition) is 1. The number of aliphatic hydroxyl groups is 1. The molecule has 0 radical (unpaired) electrons. The average molecular weight is 266 g/mol. The smallest absolute Gasteiger partial charge is 0.332 e. The summed E-state index contributed by atoms with van der Waals surface area (Å²) in [5.41, 5.74) is -0.0844. The monoisotopic (exact) mass is 266 g/mol. The first kappa shape index (κ1) is 13.5. The Labute approximate surface area is 109 Å². The fraction of sp³-hybridized carbons (Fsp3) is 0.583. The molecule has 0 amide bonds. The number of hydrogen-bond acceptors (Lipinski definition) is 4. The van der Waals surface area contributed by atoms with Gasteiger partial charge in [-0.05, 0) is 6.42 Å². The molecule has 2 aromatic rings. The molecule has 7 heteroatoms. The Morgan fingerprint density at radius 3 is 2.47 bits per heavy atom. The number of imidazole rings is 1. The molecule has 0 aliphatic carbocycles. The normalized spacial score (nSPS) is 11.4. The van der Waals surface area contributed by atoms with E-state index in [1.165, 1.54) is 11.6 Å². The Kier molecular flexibility index (Phi) is 3.57. The highest BCUT2D eigenvalue weighted by Gasteiger charge is 2.17. The summed E-state index contributed by atoms with van der Waals surface area (Å²) in [5.74, 6) is 0.418. The highest BCUT2D eigenvalue weighted by Crippen LogP contribution is 2.12. The van der Waals surface area contributed by atoms with Crippen LogP contribution in [0.25, 0.3) is 11.2 Å². The van der Waals surface area contributed by atoms with E-state index in [0.29, 0.717) is 23.5 Å². The fourth-order valence-electron chi connectivity index (χ4n) is 2.17. The Morgan fingerprint density at radius 2 is 1.89 bits per heavy atom. The third-order valence-electron chi connectivity index (χ3n) is 3.30. The third-order valence-corrected chi connectivity index (χ3v) is 3.30. The van der Waals surface area contributed by atoms with Crippen LogP contribution < -0.4 is 11.2 Å². The van der Waals surface area contributed by atoms with Gasteiger partial charge in [0.2, 0.25) is 0 Å². The minimum Gasteiger partial charge on any atom is -0.388 e. The second-order valence-corrected chi connectivity index (χ2v) is 4.57. The summed E-state index contributed by atoms with van der Waals surface area (Å²) >= 11 is 0. The maximum Gasteiger partial charge on any atom is 0.332 e. The van der Waals surface area contributed by atoms with Crippen LogP contribution in [0.5, 0.6) is 0 Å². The highest BCUT2D eigenvalue weighted by molar-refractivity contribution is 5.71. The molecule has 2 heterocycles. The third kappa shape index (κ3) is 1.99. The summed E-state index contributed by atoms with van der Waals surface area (Å²) in [5, 5.41) is 9.36. The molecular weight excluding hydrogens is 248 g/mol. The molecule has 0 saturated carbocycles. The summed E-state index contributed by atoms with van der Waals surface area (Å²) < 4.78 is 4.10. The SMILES string of the molecule is CCCCn1c(CO)nc2c1c(=O)n(C)c(=O)n2C. The quantitative estimate of drug-likeness (QED) is 0.825. The minimum absolute atomic E-state index is 0.254. The van der Waals surface area contributed by atoms with E-state index in [1.54, 1.807) is 11.6 Å². The summed E-state index contributed by atoms with van der Waals surface area (Å²) in [6.45, 7) is 2.40. The first-order chi connectivity index (χ1) is 9.02. The van der Waals surface area contributed by atoms with Crippen molar-refractivity contribution in [2.45, 2.75) is 32.9 Å². The van der Waals surface area contributed by atoms with Crippen molar-refractivity contribution >= 4 is 11.2 Å². The summed E-state index contributed by atoms with van der Waals surface area (Å²) in [4.78, 5) is 28.3. The topological polar surface area (TPSA) is 82.1 Å². The number of nitrogens with zero attached hydrogens (tertiary/aromatic N) is 4. The van der Waals surface area contributed by atoms with Crippen molar-refractivity contribution in [1.82, 2.24) is 18.7 Å². The molecular formula is C12H18N4O3. The van der Waals surface area contributed by atoms with Gasteiger partial charge in [-0.25, -0.2) is 9.78 Å². The Hall–Kier alpha value is -1.89. The van der Waals surface area contributed by atoms with Crippen LogP contribution in [0.3, 0.4) is 0 Å². The van der Waals surface area contributed by atoms with Gasteiger partial charge in [0, 0.05) is 20.6 Å². The molecule has 7 nitrogen and oxygen atoms in total. The summed E-state index contributed by atoms with van der Waals surface area (Å²) in [6.07, 6.45) is 1.85. The lowest BCUT2D eigenvalue weighted by atomic mass is 10.3. The van der Waals surface area contributed by atoms with Crippen molar-refractivity contribution in [1.29, 1.82) is 0 Å². The van der Waals surface area contributed by atoms with Crippen molar-refractivity contribution in [3.8, 4) is 0 Å².